The van der Waals surface area contributed by atoms with Crippen molar-refractivity contribution in [1.82, 2.24) is 14.8 Å². The second kappa shape index (κ2) is 10.1. The number of nitrogens with zero attached hydrogens (tertiary/aromatic N) is 4. The number of nitrogens with one attached hydrogen (secondary N) is 1. The van der Waals surface area contributed by atoms with Crippen molar-refractivity contribution in [3.05, 3.63) is 65.4 Å². The highest BCUT2D eigenvalue weighted by molar-refractivity contribution is 7.90. The first-order valence-corrected chi connectivity index (χ1v) is 12.7. The number of hydrogen-bond donors (Lipinski definition) is 1. The molecule has 1 aromatic heterocycles. The third-order valence-corrected chi connectivity index (χ3v) is 7.32. The minimum Gasteiger partial charge on any atom is -0.381 e. The summed E-state index contributed by atoms with van der Waals surface area (Å²) in [5.74, 6) is 0. The first kappa shape index (κ1) is 23.5. The Balaban J connectivity index is 1.44. The van der Waals surface area contributed by atoms with Gasteiger partial charge in [0.2, 0.25) is 0 Å². The van der Waals surface area contributed by atoms with Crippen LogP contribution < -0.4 is 5.32 Å². The number of halogens is 1. The van der Waals surface area contributed by atoms with E-state index in [9.17, 15) is 8.42 Å². The summed E-state index contributed by atoms with van der Waals surface area (Å²) in [4.78, 5) is 8.12. The Hall–Kier alpha value is -2.68. The van der Waals surface area contributed by atoms with Crippen LogP contribution in [0.1, 0.15) is 18.4 Å². The van der Waals surface area contributed by atoms with E-state index in [1.165, 1.54) is 6.34 Å². The van der Waals surface area contributed by atoms with Crippen molar-refractivity contribution in [3.63, 3.8) is 0 Å². The van der Waals surface area contributed by atoms with Gasteiger partial charge in [-0.05, 0) is 60.7 Å². The van der Waals surface area contributed by atoms with Gasteiger partial charge in [0.05, 0.1) is 5.02 Å². The normalized spacial score (nSPS) is 17.5. The Kier molecular flexibility index (Phi) is 7.17. The largest absolute Gasteiger partial charge is 0.381 e. The Labute approximate surface area is 200 Å². The summed E-state index contributed by atoms with van der Waals surface area (Å²) in [7, 11) is -0.428. The molecular weight excluding hydrogens is 458 g/mol. The van der Waals surface area contributed by atoms with E-state index in [4.69, 9.17) is 11.6 Å². The Morgan fingerprint density at radius 3 is 2.88 bits per heavy atom. The molecule has 1 aliphatic heterocycles. The van der Waals surface area contributed by atoms with Crippen molar-refractivity contribution in [2.45, 2.75) is 30.3 Å². The van der Waals surface area contributed by atoms with Crippen LogP contribution in [0.4, 0.5) is 5.69 Å². The van der Waals surface area contributed by atoms with E-state index in [1.54, 1.807) is 37.3 Å². The van der Waals surface area contributed by atoms with Gasteiger partial charge in [-0.3, -0.25) is 9.88 Å². The molecule has 3 aromatic rings. The third-order valence-electron chi connectivity index (χ3n) is 5.61. The number of aromatic nitrogens is 1. The van der Waals surface area contributed by atoms with Crippen LogP contribution in [0.5, 0.6) is 0 Å². The zero-order valence-corrected chi connectivity index (χ0v) is 20.4. The van der Waals surface area contributed by atoms with Crippen molar-refractivity contribution in [3.8, 4) is 0 Å². The first-order valence-electron chi connectivity index (χ1n) is 10.9. The minimum atomic E-state index is -3.86. The average molecular weight is 486 g/mol. The number of fused-ring (bicyclic) bond motifs is 1. The number of pyridine rings is 1. The number of likely N-dealkylation sites (tertiary alicyclic amines) is 1. The van der Waals surface area contributed by atoms with Crippen LogP contribution in [-0.2, 0) is 16.6 Å². The van der Waals surface area contributed by atoms with Crippen molar-refractivity contribution < 1.29 is 8.42 Å². The van der Waals surface area contributed by atoms with E-state index in [0.717, 1.165) is 48.0 Å². The van der Waals surface area contributed by atoms with Crippen LogP contribution in [-0.4, -0.2) is 62.8 Å². The first-order chi connectivity index (χ1) is 15.8. The molecule has 7 nitrogen and oxygen atoms in total. The molecular formula is C24H28ClN5O2S. The summed E-state index contributed by atoms with van der Waals surface area (Å²) >= 11 is 6.20. The predicted octanol–water partition coefficient (Wildman–Crippen LogP) is 4.24. The summed E-state index contributed by atoms with van der Waals surface area (Å²) < 4.78 is 28.9. The summed E-state index contributed by atoms with van der Waals surface area (Å²) in [5, 5.41) is 6.12. The van der Waals surface area contributed by atoms with Gasteiger partial charge in [-0.1, -0.05) is 23.7 Å². The van der Waals surface area contributed by atoms with Crippen LogP contribution in [0.3, 0.4) is 0 Å². The van der Waals surface area contributed by atoms with E-state index in [0.29, 0.717) is 12.6 Å². The summed E-state index contributed by atoms with van der Waals surface area (Å²) in [6, 6.07) is 13.8. The molecule has 1 aliphatic rings. The Morgan fingerprint density at radius 2 is 2.06 bits per heavy atom. The van der Waals surface area contributed by atoms with Crippen molar-refractivity contribution >= 4 is 44.4 Å². The fraction of sp³-hybridized carbons (Fsp3) is 0.333. The molecule has 1 N–H and O–H groups in total. The van der Waals surface area contributed by atoms with Gasteiger partial charge in [-0.25, -0.2) is 0 Å². The maximum absolute atomic E-state index is 12.6. The highest BCUT2D eigenvalue weighted by atomic mass is 35.5. The number of rotatable bonds is 7. The van der Waals surface area contributed by atoms with E-state index in [-0.39, 0.29) is 9.92 Å². The lowest BCUT2D eigenvalue weighted by Crippen LogP contribution is -2.41. The molecule has 0 aliphatic carbocycles. The summed E-state index contributed by atoms with van der Waals surface area (Å²) in [6.45, 7) is 2.49. The molecule has 0 unspecified atom stereocenters. The van der Waals surface area contributed by atoms with E-state index < -0.39 is 10.0 Å². The smallest absolute Gasteiger partial charge is 0.285 e. The van der Waals surface area contributed by atoms with Crippen LogP contribution in [0.15, 0.2) is 64.2 Å². The van der Waals surface area contributed by atoms with Gasteiger partial charge in [0, 0.05) is 56.7 Å². The minimum absolute atomic E-state index is 0.0390. The van der Waals surface area contributed by atoms with Gasteiger partial charge < -0.3 is 10.2 Å². The number of piperidine rings is 1. The maximum Gasteiger partial charge on any atom is 0.285 e. The highest BCUT2D eigenvalue weighted by Crippen LogP contribution is 2.26. The van der Waals surface area contributed by atoms with Gasteiger partial charge in [0.15, 0.2) is 0 Å². The second-order valence-corrected chi connectivity index (χ2v) is 10.6. The molecule has 0 spiro atoms. The van der Waals surface area contributed by atoms with E-state index >= 15 is 0 Å². The number of hydrogen-bond acceptors (Lipinski definition) is 5. The molecule has 9 heteroatoms. The van der Waals surface area contributed by atoms with Crippen LogP contribution >= 0.6 is 11.6 Å². The Bertz CT molecular complexity index is 1260. The Morgan fingerprint density at radius 1 is 1.21 bits per heavy atom. The van der Waals surface area contributed by atoms with E-state index in [2.05, 4.69) is 37.8 Å². The molecule has 1 saturated heterocycles. The van der Waals surface area contributed by atoms with Gasteiger partial charge in [0.1, 0.15) is 11.2 Å². The molecule has 0 radical (unpaired) electrons. The van der Waals surface area contributed by atoms with Gasteiger partial charge in [-0.15, -0.1) is 4.40 Å². The quantitative estimate of drug-likeness (QED) is 0.398. The topological polar surface area (TPSA) is 77.9 Å². The van der Waals surface area contributed by atoms with Gasteiger partial charge in [0.25, 0.3) is 10.0 Å². The predicted molar refractivity (Wildman–Crippen MR) is 134 cm³/mol. The SMILES string of the molecule is CN(C)C=NS(=O)(=O)c1cc(CN2CCC[C@@H](Nc3ccc4cnccc4c3)C2)ccc1Cl. The maximum atomic E-state index is 12.6. The molecule has 2 heterocycles. The number of benzene rings is 2. The molecule has 0 amide bonds. The lowest BCUT2D eigenvalue weighted by molar-refractivity contribution is 0.208. The zero-order valence-electron chi connectivity index (χ0n) is 18.8. The fourth-order valence-corrected chi connectivity index (χ4v) is 5.49. The number of sulfonamides is 1. The average Bonchev–Trinajstić information content (AvgIpc) is 2.79. The highest BCUT2D eigenvalue weighted by Gasteiger charge is 2.22. The fourth-order valence-electron chi connectivity index (χ4n) is 4.04. The lowest BCUT2D eigenvalue weighted by Gasteiger charge is -2.33. The van der Waals surface area contributed by atoms with Crippen molar-refractivity contribution in [2.24, 2.45) is 4.40 Å². The molecule has 1 atom stereocenters. The summed E-state index contributed by atoms with van der Waals surface area (Å²) in [5.41, 5.74) is 2.00. The number of anilines is 1. The van der Waals surface area contributed by atoms with Crippen molar-refractivity contribution in [2.75, 3.05) is 32.5 Å². The second-order valence-electron chi connectivity index (χ2n) is 8.58. The molecule has 0 bridgehead atoms. The monoisotopic (exact) mass is 485 g/mol. The van der Waals surface area contributed by atoms with Gasteiger partial charge in [-0.2, -0.15) is 8.42 Å². The third kappa shape index (κ3) is 6.01. The molecule has 2 aromatic carbocycles. The zero-order chi connectivity index (χ0) is 23.4. The van der Waals surface area contributed by atoms with Crippen molar-refractivity contribution in [1.29, 1.82) is 0 Å². The van der Waals surface area contributed by atoms with Crippen LogP contribution in [0, 0.1) is 0 Å². The summed E-state index contributed by atoms with van der Waals surface area (Å²) in [6.07, 6.45) is 7.10. The molecule has 33 heavy (non-hydrogen) atoms. The molecule has 0 saturated carbocycles. The molecule has 174 valence electrons. The standard InChI is InChI=1S/C24H28ClN5O2S/c1-29(2)17-27-33(31,32)24-12-18(5-8-23(24)25)15-30-11-3-4-22(16-30)28-21-7-6-20-14-26-10-9-19(20)13-21/h5-10,12-14,17,22,28H,3-4,11,15-16H2,1-2H3/t22-/m1/s1. The molecule has 1 fully saturated rings. The van der Waals surface area contributed by atoms with Crippen LogP contribution in [0.2, 0.25) is 5.02 Å². The van der Waals surface area contributed by atoms with Crippen LogP contribution in [0.25, 0.3) is 10.8 Å². The van der Waals surface area contributed by atoms with E-state index in [1.807, 2.05) is 18.3 Å². The molecule has 4 rings (SSSR count). The lowest BCUT2D eigenvalue weighted by atomic mass is 10.0. The van der Waals surface area contributed by atoms with Gasteiger partial charge >= 0.3 is 0 Å².